The minimum absolute atomic E-state index is 0.837. The van der Waals surface area contributed by atoms with E-state index >= 15 is 0 Å². The molecule has 1 aliphatic heterocycles. The molecule has 1 saturated heterocycles. The van der Waals surface area contributed by atoms with Crippen LogP contribution in [0.3, 0.4) is 0 Å². The number of fused-ring (bicyclic) bond motifs is 1. The average molecular weight is 368 g/mol. The molecule has 2 aromatic carbocycles. The molecule has 1 fully saturated rings. The van der Waals surface area contributed by atoms with Crippen LogP contribution in [0.5, 0.6) is 0 Å². The van der Waals surface area contributed by atoms with E-state index in [1.807, 2.05) is 26.2 Å². The van der Waals surface area contributed by atoms with Crippen molar-refractivity contribution in [1.82, 2.24) is 9.29 Å². The Morgan fingerprint density at radius 3 is 2.50 bits per heavy atom. The van der Waals surface area contributed by atoms with Gasteiger partial charge in [0.1, 0.15) is 11.0 Å². The van der Waals surface area contributed by atoms with Crippen molar-refractivity contribution in [2.45, 2.75) is 24.2 Å². The van der Waals surface area contributed by atoms with E-state index in [0.29, 0.717) is 0 Å². The summed E-state index contributed by atoms with van der Waals surface area (Å²) < 4.78 is 14.3. The molecular weight excluding hydrogens is 342 g/mol. The summed E-state index contributed by atoms with van der Waals surface area (Å²) in [6, 6.07) is 16.8. The number of hydrogen-bond donors (Lipinski definition) is 1. The van der Waals surface area contributed by atoms with E-state index in [4.69, 9.17) is 0 Å². The highest BCUT2D eigenvalue weighted by Gasteiger charge is 2.19. The molecule has 3 aromatic rings. The van der Waals surface area contributed by atoms with Crippen molar-refractivity contribution >= 4 is 27.6 Å². The molecule has 0 amide bonds. The summed E-state index contributed by atoms with van der Waals surface area (Å²) >= 11 is 0. The summed E-state index contributed by atoms with van der Waals surface area (Å²) in [5.41, 5.74) is 4.59. The van der Waals surface area contributed by atoms with Crippen molar-refractivity contribution in [3.63, 3.8) is 0 Å². The molecule has 0 aliphatic carbocycles. The smallest absolute Gasteiger partial charge is 0.127 e. The van der Waals surface area contributed by atoms with Crippen molar-refractivity contribution in [2.24, 2.45) is 0 Å². The second-order valence-corrected chi connectivity index (χ2v) is 8.76. The van der Waals surface area contributed by atoms with Gasteiger partial charge in [0.05, 0.1) is 4.90 Å². The highest BCUT2D eigenvalue weighted by Crippen LogP contribution is 2.35. The largest absolute Gasteiger partial charge is 0.371 e. The third kappa shape index (κ3) is 3.29. The molecule has 0 radical (unpaired) electrons. The van der Waals surface area contributed by atoms with Crippen LogP contribution < -0.4 is 4.90 Å². The fourth-order valence-electron chi connectivity index (χ4n) is 3.68. The third-order valence-electron chi connectivity index (χ3n) is 5.02. The minimum Gasteiger partial charge on any atom is -0.371 e. The van der Waals surface area contributed by atoms with Gasteiger partial charge in [0.15, 0.2) is 0 Å². The Morgan fingerprint density at radius 2 is 1.77 bits per heavy atom. The summed E-state index contributed by atoms with van der Waals surface area (Å²) in [7, 11) is 2.54. The number of hydrogen-bond acceptors (Lipinski definition) is 2. The number of aromatic nitrogens is 1. The number of benzene rings is 2. The van der Waals surface area contributed by atoms with Crippen molar-refractivity contribution in [2.75, 3.05) is 32.1 Å². The fourth-order valence-corrected chi connectivity index (χ4v) is 4.50. The Kier molecular flexibility index (Phi) is 4.83. The Labute approximate surface area is 157 Å². The van der Waals surface area contributed by atoms with Gasteiger partial charge in [0, 0.05) is 40.9 Å². The van der Waals surface area contributed by atoms with Gasteiger partial charge >= 0.3 is 0 Å². The Morgan fingerprint density at radius 1 is 1.00 bits per heavy atom. The maximum atomic E-state index is 12.6. The molecular formula is C21H25N3OS. The Bertz CT molecular complexity index is 908. The molecule has 1 unspecified atom stereocenters. The lowest BCUT2D eigenvalue weighted by atomic mass is 10.0. The van der Waals surface area contributed by atoms with Crippen molar-refractivity contribution < 1.29 is 4.21 Å². The monoisotopic (exact) mass is 367 g/mol. The van der Waals surface area contributed by atoms with Crippen LogP contribution in [0.15, 0.2) is 53.4 Å². The number of anilines is 1. The minimum atomic E-state index is -1.15. The maximum Gasteiger partial charge on any atom is 0.127 e. The molecule has 5 heteroatoms. The van der Waals surface area contributed by atoms with E-state index in [1.165, 1.54) is 30.3 Å². The lowest BCUT2D eigenvalue weighted by Gasteiger charge is -2.30. The zero-order valence-electron chi connectivity index (χ0n) is 15.4. The second-order valence-electron chi connectivity index (χ2n) is 7.06. The molecule has 4 rings (SSSR count). The van der Waals surface area contributed by atoms with Crippen LogP contribution in [0.4, 0.5) is 5.69 Å². The lowest BCUT2D eigenvalue weighted by molar-refractivity contribution is 0.578. The van der Waals surface area contributed by atoms with E-state index < -0.39 is 11.0 Å². The van der Waals surface area contributed by atoms with Crippen molar-refractivity contribution in [3.05, 3.63) is 48.5 Å². The summed E-state index contributed by atoms with van der Waals surface area (Å²) in [5.74, 6) is 0. The first-order valence-corrected chi connectivity index (χ1v) is 10.3. The molecule has 1 N–H and O–H groups in total. The van der Waals surface area contributed by atoms with Crippen molar-refractivity contribution in [1.29, 1.82) is 0 Å². The molecule has 2 heterocycles. The summed E-state index contributed by atoms with van der Waals surface area (Å²) in [6.07, 6.45) is 3.77. The third-order valence-corrected chi connectivity index (χ3v) is 6.34. The topological polar surface area (TPSA) is 39.3 Å². The predicted molar refractivity (Wildman–Crippen MR) is 110 cm³/mol. The number of aromatic amines is 1. The first-order chi connectivity index (χ1) is 12.6. The number of H-pyrrole nitrogens is 1. The van der Waals surface area contributed by atoms with Crippen LogP contribution in [-0.4, -0.2) is 40.7 Å². The molecule has 1 aliphatic rings. The molecule has 1 aromatic heterocycles. The first-order valence-electron chi connectivity index (χ1n) is 9.20. The number of para-hydroxylation sites is 1. The molecule has 136 valence electrons. The van der Waals surface area contributed by atoms with E-state index in [0.717, 1.165) is 34.8 Å². The van der Waals surface area contributed by atoms with Gasteiger partial charge in [-0.25, -0.2) is 8.51 Å². The summed E-state index contributed by atoms with van der Waals surface area (Å²) in [5, 5.41) is 1.20. The lowest BCUT2D eigenvalue weighted by Crippen LogP contribution is -2.30. The second kappa shape index (κ2) is 7.25. The molecule has 0 bridgehead atoms. The van der Waals surface area contributed by atoms with Crippen LogP contribution >= 0.6 is 0 Å². The molecule has 0 spiro atoms. The number of nitrogens with one attached hydrogen (secondary N) is 1. The fraction of sp³-hybridized carbons (Fsp3) is 0.333. The summed E-state index contributed by atoms with van der Waals surface area (Å²) in [6.45, 7) is 2.17. The standard InChI is InChI=1S/C21H25N3OS/c1-23(2)26(25)17-10-11-21(24-12-6-3-7-13-24)18(15-17)20-14-16-8-4-5-9-19(16)22-20/h4-5,8-11,14-15,22H,3,6-7,12-13H2,1-2H3. The number of nitrogens with zero attached hydrogens (tertiary/aromatic N) is 2. The number of rotatable bonds is 4. The highest BCUT2D eigenvalue weighted by molar-refractivity contribution is 7.82. The van der Waals surface area contributed by atoms with E-state index in [-0.39, 0.29) is 0 Å². The van der Waals surface area contributed by atoms with Gasteiger partial charge in [-0.15, -0.1) is 0 Å². The Hall–Kier alpha value is -2.11. The first kappa shape index (κ1) is 17.3. The maximum absolute atomic E-state index is 12.6. The van der Waals surface area contributed by atoms with Crippen LogP contribution in [-0.2, 0) is 11.0 Å². The predicted octanol–water partition coefficient (Wildman–Crippen LogP) is 4.41. The van der Waals surface area contributed by atoms with Crippen LogP contribution in [0.2, 0.25) is 0 Å². The normalized spacial score (nSPS) is 16.3. The Balaban J connectivity index is 1.84. The van der Waals surface area contributed by atoms with E-state index in [1.54, 1.807) is 4.31 Å². The van der Waals surface area contributed by atoms with Crippen LogP contribution in [0, 0.1) is 0 Å². The SMILES string of the molecule is CN(C)S(=O)c1ccc(N2CCCCC2)c(-c2cc3ccccc3[nH]2)c1. The van der Waals surface area contributed by atoms with Gasteiger partial charge < -0.3 is 9.88 Å². The molecule has 1 atom stereocenters. The van der Waals surface area contributed by atoms with Gasteiger partial charge in [0.2, 0.25) is 0 Å². The molecule has 26 heavy (non-hydrogen) atoms. The summed E-state index contributed by atoms with van der Waals surface area (Å²) in [4.78, 5) is 6.85. The highest BCUT2D eigenvalue weighted by atomic mass is 32.2. The van der Waals surface area contributed by atoms with E-state index in [9.17, 15) is 4.21 Å². The molecule has 0 saturated carbocycles. The van der Waals surface area contributed by atoms with Gasteiger partial charge in [-0.05, 0) is 63.7 Å². The number of piperidine rings is 1. The van der Waals surface area contributed by atoms with Gasteiger partial charge in [-0.1, -0.05) is 18.2 Å². The quantitative estimate of drug-likeness (QED) is 0.742. The average Bonchev–Trinajstić information content (AvgIpc) is 3.11. The van der Waals surface area contributed by atoms with Crippen LogP contribution in [0.1, 0.15) is 19.3 Å². The van der Waals surface area contributed by atoms with Crippen LogP contribution in [0.25, 0.3) is 22.2 Å². The zero-order valence-corrected chi connectivity index (χ0v) is 16.2. The van der Waals surface area contributed by atoms with Gasteiger partial charge in [-0.2, -0.15) is 0 Å². The van der Waals surface area contributed by atoms with Gasteiger partial charge in [-0.3, -0.25) is 0 Å². The van der Waals surface area contributed by atoms with Gasteiger partial charge in [0.25, 0.3) is 0 Å². The zero-order chi connectivity index (χ0) is 18.1. The molecule has 4 nitrogen and oxygen atoms in total. The van der Waals surface area contributed by atoms with E-state index in [2.05, 4.69) is 46.3 Å². The van der Waals surface area contributed by atoms with Crippen molar-refractivity contribution in [3.8, 4) is 11.3 Å².